The van der Waals surface area contributed by atoms with Gasteiger partial charge in [0.1, 0.15) is 0 Å². The number of aliphatic imine (C=N–C) groups is 1. The highest BCUT2D eigenvalue weighted by Gasteiger charge is 2.15. The van der Waals surface area contributed by atoms with Gasteiger partial charge < -0.3 is 20.1 Å². The van der Waals surface area contributed by atoms with Gasteiger partial charge in [-0.15, -0.1) is 0 Å². The van der Waals surface area contributed by atoms with E-state index in [1.54, 1.807) is 0 Å². The van der Waals surface area contributed by atoms with Crippen LogP contribution in [0.15, 0.2) is 29.3 Å². The van der Waals surface area contributed by atoms with Crippen molar-refractivity contribution in [2.75, 3.05) is 59.2 Å². The average Bonchev–Trinajstić information content (AvgIpc) is 2.79. The van der Waals surface area contributed by atoms with Crippen molar-refractivity contribution in [3.63, 3.8) is 0 Å². The SMILES string of the molecule is CCNC(=NCCCOCC1CCOCC1)NCCCN1CCc2ccccc2C1. The predicted octanol–water partition coefficient (Wildman–Crippen LogP) is 2.82. The van der Waals surface area contributed by atoms with E-state index in [1.165, 1.54) is 24.1 Å². The van der Waals surface area contributed by atoms with Gasteiger partial charge in [0.25, 0.3) is 0 Å². The molecule has 0 atom stereocenters. The fourth-order valence-corrected chi connectivity index (χ4v) is 4.12. The van der Waals surface area contributed by atoms with Crippen molar-refractivity contribution in [1.29, 1.82) is 0 Å². The van der Waals surface area contributed by atoms with E-state index in [-0.39, 0.29) is 0 Å². The summed E-state index contributed by atoms with van der Waals surface area (Å²) in [7, 11) is 0. The van der Waals surface area contributed by atoms with Gasteiger partial charge in [0.2, 0.25) is 0 Å². The van der Waals surface area contributed by atoms with Crippen LogP contribution in [0.5, 0.6) is 0 Å². The topological polar surface area (TPSA) is 58.1 Å². The molecule has 3 rings (SSSR count). The molecule has 1 fully saturated rings. The molecule has 1 aromatic carbocycles. The molecule has 2 aliphatic heterocycles. The zero-order valence-electron chi connectivity index (χ0n) is 18.7. The maximum Gasteiger partial charge on any atom is 0.191 e. The number of nitrogens with one attached hydrogen (secondary N) is 2. The molecule has 2 aliphatic rings. The summed E-state index contributed by atoms with van der Waals surface area (Å²) in [5, 5.41) is 6.83. The Hall–Kier alpha value is -1.63. The lowest BCUT2D eigenvalue weighted by atomic mass is 10.00. The number of nitrogens with zero attached hydrogens (tertiary/aromatic N) is 2. The van der Waals surface area contributed by atoms with Crippen LogP contribution in [-0.2, 0) is 22.4 Å². The van der Waals surface area contributed by atoms with Crippen molar-refractivity contribution in [2.45, 2.75) is 45.6 Å². The Labute approximate surface area is 182 Å². The zero-order valence-corrected chi connectivity index (χ0v) is 18.7. The second-order valence-electron chi connectivity index (χ2n) is 8.32. The van der Waals surface area contributed by atoms with Gasteiger partial charge in [0.05, 0.1) is 0 Å². The molecule has 0 bridgehead atoms. The minimum Gasteiger partial charge on any atom is -0.381 e. The molecule has 1 aromatic rings. The summed E-state index contributed by atoms with van der Waals surface area (Å²) in [4.78, 5) is 7.25. The molecule has 1 saturated heterocycles. The first kappa shape index (κ1) is 23.0. The molecule has 2 heterocycles. The molecule has 6 heteroatoms. The number of hydrogen-bond donors (Lipinski definition) is 2. The molecule has 2 N–H and O–H groups in total. The number of guanidine groups is 1. The summed E-state index contributed by atoms with van der Waals surface area (Å²) in [6, 6.07) is 8.84. The fourth-order valence-electron chi connectivity index (χ4n) is 4.12. The number of benzene rings is 1. The molecule has 0 aromatic heterocycles. The molecule has 0 amide bonds. The Morgan fingerprint density at radius 2 is 2.00 bits per heavy atom. The smallest absolute Gasteiger partial charge is 0.191 e. The van der Waals surface area contributed by atoms with Gasteiger partial charge in [-0.25, -0.2) is 0 Å². The maximum absolute atomic E-state index is 5.83. The van der Waals surface area contributed by atoms with Crippen LogP contribution in [0.3, 0.4) is 0 Å². The lowest BCUT2D eigenvalue weighted by Crippen LogP contribution is -2.39. The van der Waals surface area contributed by atoms with Gasteiger partial charge >= 0.3 is 0 Å². The van der Waals surface area contributed by atoms with E-state index in [1.807, 2.05) is 0 Å². The second-order valence-corrected chi connectivity index (χ2v) is 8.32. The van der Waals surface area contributed by atoms with E-state index in [4.69, 9.17) is 14.5 Å². The lowest BCUT2D eigenvalue weighted by molar-refractivity contribution is 0.0205. The van der Waals surface area contributed by atoms with Gasteiger partial charge in [-0.1, -0.05) is 24.3 Å². The van der Waals surface area contributed by atoms with Crippen LogP contribution in [0.4, 0.5) is 0 Å². The van der Waals surface area contributed by atoms with Gasteiger partial charge in [-0.3, -0.25) is 9.89 Å². The van der Waals surface area contributed by atoms with E-state index in [9.17, 15) is 0 Å². The zero-order chi connectivity index (χ0) is 20.9. The first-order valence-electron chi connectivity index (χ1n) is 11.8. The number of rotatable bonds is 11. The van der Waals surface area contributed by atoms with Crippen LogP contribution in [0.25, 0.3) is 0 Å². The second kappa shape index (κ2) is 13.6. The molecule has 6 nitrogen and oxygen atoms in total. The highest BCUT2D eigenvalue weighted by Crippen LogP contribution is 2.18. The summed E-state index contributed by atoms with van der Waals surface area (Å²) in [5.41, 5.74) is 3.01. The van der Waals surface area contributed by atoms with Gasteiger partial charge in [0, 0.05) is 65.7 Å². The molecule has 0 unspecified atom stereocenters. The Kier molecular flexibility index (Phi) is 10.5. The Balaban J connectivity index is 1.25. The molecule has 30 heavy (non-hydrogen) atoms. The summed E-state index contributed by atoms with van der Waals surface area (Å²) < 4.78 is 11.2. The third-order valence-electron chi connectivity index (χ3n) is 5.91. The predicted molar refractivity (Wildman–Crippen MR) is 123 cm³/mol. The first-order chi connectivity index (χ1) is 14.8. The van der Waals surface area contributed by atoms with Crippen LogP contribution < -0.4 is 10.6 Å². The number of fused-ring (bicyclic) bond motifs is 1. The Bertz CT molecular complexity index is 631. The van der Waals surface area contributed by atoms with Gasteiger partial charge in [0.15, 0.2) is 5.96 Å². The minimum absolute atomic E-state index is 0.676. The van der Waals surface area contributed by atoms with Crippen LogP contribution in [0, 0.1) is 5.92 Å². The molecule has 0 radical (unpaired) electrons. The van der Waals surface area contributed by atoms with Crippen LogP contribution in [0.1, 0.15) is 43.7 Å². The summed E-state index contributed by atoms with van der Waals surface area (Å²) >= 11 is 0. The molecular formula is C24H40N4O2. The van der Waals surface area contributed by atoms with Crippen molar-refractivity contribution in [2.24, 2.45) is 10.9 Å². The normalized spacial score (nSPS) is 18.2. The van der Waals surface area contributed by atoms with E-state index in [0.29, 0.717) is 5.92 Å². The van der Waals surface area contributed by atoms with Crippen molar-refractivity contribution in [1.82, 2.24) is 15.5 Å². The van der Waals surface area contributed by atoms with Gasteiger partial charge in [-0.05, 0) is 56.1 Å². The van der Waals surface area contributed by atoms with Crippen molar-refractivity contribution >= 4 is 5.96 Å². The summed E-state index contributed by atoms with van der Waals surface area (Å²) in [5.74, 6) is 1.60. The Morgan fingerprint density at radius 3 is 2.83 bits per heavy atom. The minimum atomic E-state index is 0.676. The standard InChI is InChI=1S/C24H40N4O2/c1-2-25-24(27-13-6-16-30-20-21-10-17-29-18-11-21)26-12-5-14-28-15-9-22-7-3-4-8-23(22)19-28/h3-4,7-8,21H,2,5-6,9-20H2,1H3,(H2,25,26,27). The molecule has 0 spiro atoms. The van der Waals surface area contributed by atoms with Crippen molar-refractivity contribution in [3.05, 3.63) is 35.4 Å². The van der Waals surface area contributed by atoms with Crippen LogP contribution in [0.2, 0.25) is 0 Å². The molecular weight excluding hydrogens is 376 g/mol. The van der Waals surface area contributed by atoms with E-state index < -0.39 is 0 Å². The molecule has 0 saturated carbocycles. The van der Waals surface area contributed by atoms with Crippen LogP contribution in [-0.4, -0.2) is 70.0 Å². The molecule has 168 valence electrons. The van der Waals surface area contributed by atoms with E-state index in [2.05, 4.69) is 46.7 Å². The first-order valence-corrected chi connectivity index (χ1v) is 11.8. The van der Waals surface area contributed by atoms with Crippen molar-refractivity contribution < 1.29 is 9.47 Å². The highest BCUT2D eigenvalue weighted by atomic mass is 16.5. The number of ether oxygens (including phenoxy) is 2. The van der Waals surface area contributed by atoms with Gasteiger partial charge in [-0.2, -0.15) is 0 Å². The molecule has 0 aliphatic carbocycles. The Morgan fingerprint density at radius 1 is 1.17 bits per heavy atom. The number of hydrogen-bond acceptors (Lipinski definition) is 4. The van der Waals surface area contributed by atoms with Crippen LogP contribution >= 0.6 is 0 Å². The summed E-state index contributed by atoms with van der Waals surface area (Å²) in [6.07, 6.45) is 5.53. The third kappa shape index (κ3) is 8.25. The quantitative estimate of drug-likeness (QED) is 0.330. The third-order valence-corrected chi connectivity index (χ3v) is 5.91. The van der Waals surface area contributed by atoms with E-state index in [0.717, 1.165) is 90.8 Å². The highest BCUT2D eigenvalue weighted by molar-refractivity contribution is 5.79. The average molecular weight is 417 g/mol. The van der Waals surface area contributed by atoms with E-state index >= 15 is 0 Å². The maximum atomic E-state index is 5.83. The summed E-state index contributed by atoms with van der Waals surface area (Å²) in [6.45, 7) is 11.5. The monoisotopic (exact) mass is 416 g/mol. The fraction of sp³-hybridized carbons (Fsp3) is 0.708. The van der Waals surface area contributed by atoms with Crippen molar-refractivity contribution in [3.8, 4) is 0 Å². The lowest BCUT2D eigenvalue weighted by Gasteiger charge is -2.28. The largest absolute Gasteiger partial charge is 0.381 e.